The van der Waals surface area contributed by atoms with E-state index in [9.17, 15) is 43.2 Å². The van der Waals surface area contributed by atoms with Crippen LogP contribution < -0.4 is 0 Å². The average Bonchev–Trinajstić information content (AvgIpc) is 3.44. The normalized spacial score (nSPS) is 14.3. The molecule has 0 aromatic rings. The van der Waals surface area contributed by atoms with E-state index >= 15 is 0 Å². The van der Waals surface area contributed by atoms with Crippen LogP contribution in [0.2, 0.25) is 0 Å². The molecule has 0 aliphatic rings. The minimum atomic E-state index is -4.94. The molecule has 5 atom stereocenters. The smallest absolute Gasteiger partial charge is 0.462 e. The summed E-state index contributed by atoms with van der Waals surface area (Å²) in [5.74, 6) is -0.746. The van der Waals surface area contributed by atoms with E-state index in [1.807, 2.05) is 0 Å². The standard InChI is InChI=1S/C64H124O17P2/c1-7-9-11-13-15-16-17-18-19-20-21-22-23-29-36-42-48-63(68)80-59(53-75-62(67)47-41-35-28-25-24-27-32-38-44-56(3)4)54-78-82(70,71)76-50-58(65)51-77-83(72,73)79-55-60(52-74-61(66)46-40-34-26-14-12-10-8-2)81-64(69)49-43-37-31-30-33-39-45-57(5)6/h56-60,65H,7-55H2,1-6H3,(H,70,71)(H,72,73)/t58-,59-,60-/m1/s1. The molecule has 0 bridgehead atoms. The summed E-state index contributed by atoms with van der Waals surface area (Å²) in [5.41, 5.74) is 0. The number of esters is 4. The van der Waals surface area contributed by atoms with E-state index in [1.54, 1.807) is 0 Å². The van der Waals surface area contributed by atoms with Gasteiger partial charge in [-0.1, -0.05) is 266 Å². The Balaban J connectivity index is 5.19. The van der Waals surface area contributed by atoms with E-state index in [0.717, 1.165) is 109 Å². The molecule has 0 saturated heterocycles. The molecule has 0 radical (unpaired) electrons. The molecule has 0 fully saturated rings. The number of rotatable bonds is 63. The summed E-state index contributed by atoms with van der Waals surface area (Å²) in [6.07, 6.45) is 39.3. The van der Waals surface area contributed by atoms with Gasteiger partial charge in [-0.3, -0.25) is 37.3 Å². The van der Waals surface area contributed by atoms with Gasteiger partial charge in [-0.25, -0.2) is 9.13 Å². The summed E-state index contributed by atoms with van der Waals surface area (Å²) in [5, 5.41) is 10.5. The predicted molar refractivity (Wildman–Crippen MR) is 331 cm³/mol. The molecule has 0 aliphatic heterocycles. The Morgan fingerprint density at radius 2 is 0.554 bits per heavy atom. The van der Waals surface area contributed by atoms with Crippen molar-refractivity contribution >= 4 is 39.5 Å². The Labute approximate surface area is 505 Å². The fraction of sp³-hybridized carbons (Fsp3) is 0.938. The van der Waals surface area contributed by atoms with Crippen LogP contribution in [-0.4, -0.2) is 96.7 Å². The Hall–Kier alpha value is -1.94. The first-order valence-electron chi connectivity index (χ1n) is 33.5. The van der Waals surface area contributed by atoms with Crippen molar-refractivity contribution in [3.8, 4) is 0 Å². The first-order valence-corrected chi connectivity index (χ1v) is 36.5. The van der Waals surface area contributed by atoms with Crippen molar-refractivity contribution in [2.75, 3.05) is 39.6 Å². The highest BCUT2D eigenvalue weighted by Crippen LogP contribution is 2.45. The highest BCUT2D eigenvalue weighted by molar-refractivity contribution is 7.47. The van der Waals surface area contributed by atoms with Gasteiger partial charge in [0.25, 0.3) is 0 Å². The van der Waals surface area contributed by atoms with Gasteiger partial charge in [0.2, 0.25) is 0 Å². The number of hydrogen-bond acceptors (Lipinski definition) is 15. The number of aliphatic hydroxyl groups is 1. The Bertz CT molecular complexity index is 1630. The van der Waals surface area contributed by atoms with Gasteiger partial charge in [-0.15, -0.1) is 0 Å². The van der Waals surface area contributed by atoms with E-state index in [0.29, 0.717) is 31.6 Å². The van der Waals surface area contributed by atoms with E-state index in [1.165, 1.54) is 122 Å². The zero-order valence-corrected chi connectivity index (χ0v) is 55.3. The van der Waals surface area contributed by atoms with Crippen LogP contribution in [0.4, 0.5) is 0 Å². The fourth-order valence-electron chi connectivity index (χ4n) is 9.53. The maximum Gasteiger partial charge on any atom is 0.472 e. The van der Waals surface area contributed by atoms with E-state index in [4.69, 9.17) is 37.0 Å². The molecule has 0 saturated carbocycles. The molecule has 0 aliphatic carbocycles. The van der Waals surface area contributed by atoms with Gasteiger partial charge < -0.3 is 33.8 Å². The molecule has 0 heterocycles. The average molecular weight is 1230 g/mol. The fourth-order valence-corrected chi connectivity index (χ4v) is 11.1. The Morgan fingerprint density at radius 1 is 0.325 bits per heavy atom. The van der Waals surface area contributed by atoms with Crippen LogP contribution in [0, 0.1) is 11.8 Å². The molecule has 492 valence electrons. The first kappa shape index (κ1) is 81.1. The van der Waals surface area contributed by atoms with Gasteiger partial charge in [0, 0.05) is 25.7 Å². The van der Waals surface area contributed by atoms with Gasteiger partial charge in [-0.05, 0) is 37.5 Å². The monoisotopic (exact) mass is 1230 g/mol. The summed E-state index contributed by atoms with van der Waals surface area (Å²) in [7, 11) is -9.88. The van der Waals surface area contributed by atoms with Gasteiger partial charge in [-0.2, -0.15) is 0 Å². The molecular formula is C64H124O17P2. The lowest BCUT2D eigenvalue weighted by molar-refractivity contribution is -0.161. The van der Waals surface area contributed by atoms with Crippen molar-refractivity contribution in [2.24, 2.45) is 11.8 Å². The molecular weight excluding hydrogens is 1100 g/mol. The molecule has 0 aromatic carbocycles. The van der Waals surface area contributed by atoms with Crippen LogP contribution in [-0.2, 0) is 65.4 Å². The number of phosphoric ester groups is 2. The third-order valence-electron chi connectivity index (χ3n) is 14.7. The lowest BCUT2D eigenvalue weighted by Crippen LogP contribution is -2.30. The van der Waals surface area contributed by atoms with E-state index < -0.39 is 97.5 Å². The summed E-state index contributed by atoms with van der Waals surface area (Å²) >= 11 is 0. The second-order valence-corrected chi connectivity index (χ2v) is 27.0. The number of hydrogen-bond donors (Lipinski definition) is 3. The second-order valence-electron chi connectivity index (χ2n) is 24.1. The van der Waals surface area contributed by atoms with Crippen molar-refractivity contribution < 1.29 is 80.2 Å². The van der Waals surface area contributed by atoms with E-state index in [-0.39, 0.29) is 25.7 Å². The van der Waals surface area contributed by atoms with Crippen LogP contribution in [0.1, 0.15) is 318 Å². The minimum absolute atomic E-state index is 0.102. The van der Waals surface area contributed by atoms with E-state index in [2.05, 4.69) is 41.5 Å². The third-order valence-corrected chi connectivity index (χ3v) is 16.6. The summed E-state index contributed by atoms with van der Waals surface area (Å²) < 4.78 is 67.9. The summed E-state index contributed by atoms with van der Waals surface area (Å²) in [6.45, 7) is 9.33. The highest BCUT2D eigenvalue weighted by atomic mass is 31.2. The zero-order valence-electron chi connectivity index (χ0n) is 53.5. The van der Waals surface area contributed by atoms with Crippen molar-refractivity contribution in [2.45, 2.75) is 336 Å². The predicted octanol–water partition coefficient (Wildman–Crippen LogP) is 17.7. The molecule has 83 heavy (non-hydrogen) atoms. The minimum Gasteiger partial charge on any atom is -0.462 e. The van der Waals surface area contributed by atoms with Gasteiger partial charge >= 0.3 is 39.5 Å². The van der Waals surface area contributed by atoms with Crippen LogP contribution in [0.15, 0.2) is 0 Å². The van der Waals surface area contributed by atoms with Crippen molar-refractivity contribution in [1.82, 2.24) is 0 Å². The van der Waals surface area contributed by atoms with Gasteiger partial charge in [0.1, 0.15) is 19.3 Å². The molecule has 0 rings (SSSR count). The molecule has 0 spiro atoms. The van der Waals surface area contributed by atoms with Crippen LogP contribution in [0.3, 0.4) is 0 Å². The van der Waals surface area contributed by atoms with Crippen molar-refractivity contribution in [1.29, 1.82) is 0 Å². The van der Waals surface area contributed by atoms with Crippen molar-refractivity contribution in [3.05, 3.63) is 0 Å². The number of ether oxygens (including phenoxy) is 4. The SMILES string of the molecule is CCCCCCCCCCCCCCCCCCC(=O)O[C@H](COC(=O)CCCCCCCCCCC(C)C)COP(=O)(O)OC[C@@H](O)COP(=O)(O)OC[C@@H](COC(=O)CCCCCCCCC)OC(=O)CCCCCCCCC(C)C. The van der Waals surface area contributed by atoms with Crippen LogP contribution >= 0.6 is 15.6 Å². The number of carbonyl (C=O) groups is 4. The topological polar surface area (TPSA) is 237 Å². The molecule has 0 aromatic heterocycles. The summed E-state index contributed by atoms with van der Waals surface area (Å²) in [6, 6.07) is 0. The zero-order chi connectivity index (χ0) is 61.5. The largest absolute Gasteiger partial charge is 0.472 e. The Morgan fingerprint density at radius 3 is 0.819 bits per heavy atom. The first-order chi connectivity index (χ1) is 39.9. The molecule has 3 N–H and O–H groups in total. The number of phosphoric acid groups is 2. The quantitative estimate of drug-likeness (QED) is 0.0222. The lowest BCUT2D eigenvalue weighted by atomic mass is 10.0. The van der Waals surface area contributed by atoms with Crippen LogP contribution in [0.5, 0.6) is 0 Å². The van der Waals surface area contributed by atoms with Crippen LogP contribution in [0.25, 0.3) is 0 Å². The van der Waals surface area contributed by atoms with Gasteiger partial charge in [0.05, 0.1) is 26.4 Å². The second kappa shape index (κ2) is 56.6. The third kappa shape index (κ3) is 58.8. The number of carbonyl (C=O) groups excluding carboxylic acids is 4. The maximum atomic E-state index is 13.0. The molecule has 0 amide bonds. The maximum absolute atomic E-state index is 13.0. The highest BCUT2D eigenvalue weighted by Gasteiger charge is 2.30. The van der Waals surface area contributed by atoms with Crippen molar-refractivity contribution in [3.63, 3.8) is 0 Å². The molecule has 2 unspecified atom stereocenters. The number of aliphatic hydroxyl groups excluding tert-OH is 1. The molecule has 19 heteroatoms. The number of unbranched alkanes of at least 4 members (excludes halogenated alkanes) is 33. The molecule has 17 nitrogen and oxygen atoms in total. The van der Waals surface area contributed by atoms with Gasteiger partial charge in [0.15, 0.2) is 12.2 Å². The summed E-state index contributed by atoms with van der Waals surface area (Å²) in [4.78, 5) is 72.1. The lowest BCUT2D eigenvalue weighted by Gasteiger charge is -2.21. The Kier molecular flexibility index (Phi) is 55.2.